The zero-order valence-corrected chi connectivity index (χ0v) is 67.2. The molecule has 606 valence electrons. The first-order valence-electron chi connectivity index (χ1n) is 38.2. The number of ether oxygens (including phenoxy) is 5. The van der Waals surface area contributed by atoms with Crippen LogP contribution in [0.25, 0.3) is 50.6 Å². The van der Waals surface area contributed by atoms with Gasteiger partial charge in [0.1, 0.15) is 47.3 Å². The third-order valence-corrected chi connectivity index (χ3v) is 22.0. The van der Waals surface area contributed by atoms with E-state index in [-0.39, 0.29) is 90.0 Å². The summed E-state index contributed by atoms with van der Waals surface area (Å²) in [5.74, 6) is 23.9. The Morgan fingerprint density at radius 3 is 1.31 bits per heavy atom. The number of rotatable bonds is 8. The van der Waals surface area contributed by atoms with E-state index in [1.807, 2.05) is 42.7 Å². The Kier molecular flexibility index (Phi) is 22.8. The molecule has 1 unspecified atom stereocenters. The quantitative estimate of drug-likeness (QED) is 0.0915. The van der Waals surface area contributed by atoms with Crippen molar-refractivity contribution in [3.63, 3.8) is 0 Å². The molecule has 1 atom stereocenters. The molecule has 2 fully saturated rings. The lowest BCUT2D eigenvalue weighted by atomic mass is 10.2. The summed E-state index contributed by atoms with van der Waals surface area (Å²) in [7, 11) is 6.20. The minimum atomic E-state index is -1.43. The molecule has 9 aromatic heterocycles. The van der Waals surface area contributed by atoms with Gasteiger partial charge in [-0.15, -0.1) is 17.8 Å². The third-order valence-electron chi connectivity index (χ3n) is 20.7. The molecule has 0 aliphatic carbocycles. The number of pyridine rings is 3. The predicted octanol–water partition coefficient (Wildman–Crippen LogP) is 4.49. The minimum Gasteiger partial charge on any atom is -0.495 e. The fraction of sp³-hybridized carbons (Fsp3) is 0.362. The lowest BCUT2D eigenvalue weighted by Crippen LogP contribution is -2.44. The number of fused-ring (bicyclic) bond motifs is 15. The maximum absolute atomic E-state index is 13.5. The fourth-order valence-corrected chi connectivity index (χ4v) is 15.3. The Morgan fingerprint density at radius 2 is 0.881 bits per heavy atom. The number of amides is 3. The highest BCUT2D eigenvalue weighted by Crippen LogP contribution is 2.38. The van der Waals surface area contributed by atoms with Crippen molar-refractivity contribution in [2.24, 2.45) is 0 Å². The van der Waals surface area contributed by atoms with E-state index in [9.17, 15) is 33.0 Å². The highest BCUT2D eigenvalue weighted by Gasteiger charge is 2.34. The SMILES string of the molecule is COc1cc(N)ccc1N1CCN(C)CC1.COc1cc(Nc2ncc3c(=O)n4n(c3n2)-c2ccc3c(n2)N(CCCC#CC4)C(=O)CO3)ccc1N1CCN(C)CC1.CS(=O)c1ncc2c(=O)n3n(c2n1)-c1ccc2c(n1)N(CCCC#CC3)C(=O)CO2.CSc1ncc2c(=O)n3n(c2n1)-c1ccc2c(n1)N(CCCC#CC3)C(=O)CO2. The van der Waals surface area contributed by atoms with Crippen LogP contribution in [0.5, 0.6) is 28.7 Å². The van der Waals surface area contributed by atoms with Crippen molar-refractivity contribution in [1.82, 2.24) is 82.7 Å². The van der Waals surface area contributed by atoms with Gasteiger partial charge >= 0.3 is 0 Å². The van der Waals surface area contributed by atoms with Crippen molar-refractivity contribution in [2.75, 3.05) is 168 Å². The minimum absolute atomic E-state index is 0.0127. The fourth-order valence-electron chi connectivity index (χ4n) is 14.6. The Hall–Kier alpha value is -13.4. The van der Waals surface area contributed by atoms with Gasteiger partial charge < -0.3 is 54.3 Å². The number of nitrogens with one attached hydrogen (secondary N) is 1. The lowest BCUT2D eigenvalue weighted by molar-refractivity contribution is -0.122. The first-order valence-corrected chi connectivity index (χ1v) is 41.0. The van der Waals surface area contributed by atoms with Crippen molar-refractivity contribution in [3.8, 4) is 81.7 Å². The number of methoxy groups -OCH3 is 2. The van der Waals surface area contributed by atoms with Gasteiger partial charge in [0.05, 0.1) is 36.4 Å². The number of carbonyl (C=O) groups is 3. The average molecular weight is 1640 g/mol. The first-order chi connectivity index (χ1) is 57.4. The summed E-state index contributed by atoms with van der Waals surface area (Å²) in [5.41, 5.74) is 9.67. The number of aromatic nitrogens is 15. The van der Waals surface area contributed by atoms with Crippen LogP contribution in [0, 0.1) is 35.5 Å². The Bertz CT molecular complexity index is 6220. The van der Waals surface area contributed by atoms with E-state index < -0.39 is 10.8 Å². The first kappa shape index (κ1) is 78.5. The number of anilines is 8. The molecular weight excluding hydrogens is 1550 g/mol. The predicted molar refractivity (Wildman–Crippen MR) is 445 cm³/mol. The van der Waals surface area contributed by atoms with Gasteiger partial charge in [-0.1, -0.05) is 29.5 Å². The van der Waals surface area contributed by atoms with Crippen LogP contribution in [-0.2, 0) is 44.8 Å². The van der Waals surface area contributed by atoms with Gasteiger partial charge in [0, 0.05) is 140 Å². The zero-order valence-electron chi connectivity index (χ0n) is 65.6. The van der Waals surface area contributed by atoms with Crippen molar-refractivity contribution in [1.29, 1.82) is 0 Å². The Morgan fingerprint density at radius 1 is 0.475 bits per heavy atom. The molecule has 2 aromatic carbocycles. The molecule has 8 aliphatic rings. The molecular formula is C80H82N24O12S2. The van der Waals surface area contributed by atoms with Crippen molar-refractivity contribution in [3.05, 3.63) is 122 Å². The summed E-state index contributed by atoms with van der Waals surface area (Å²) < 4.78 is 49.0. The summed E-state index contributed by atoms with van der Waals surface area (Å²) in [4.78, 5) is 132. The van der Waals surface area contributed by atoms with Crippen LogP contribution in [-0.4, -0.2) is 237 Å². The second kappa shape index (κ2) is 34.2. The normalized spacial score (nSPS) is 16.6. The van der Waals surface area contributed by atoms with Crippen LogP contribution in [0.4, 0.5) is 46.2 Å². The van der Waals surface area contributed by atoms with Gasteiger partial charge in [-0.2, -0.15) is 4.98 Å². The number of benzene rings is 2. The molecule has 3 amide bonds. The lowest BCUT2D eigenvalue weighted by Gasteiger charge is -2.34. The van der Waals surface area contributed by atoms with Gasteiger partial charge in [0.25, 0.3) is 34.4 Å². The number of thioether (sulfide) groups is 1. The number of hydrogen-bond acceptors (Lipinski definition) is 28. The second-order valence-corrected chi connectivity index (χ2v) is 30.3. The van der Waals surface area contributed by atoms with Crippen LogP contribution in [0.2, 0.25) is 0 Å². The molecule has 19 rings (SSSR count). The summed E-state index contributed by atoms with van der Waals surface area (Å²) >= 11 is 1.39. The van der Waals surface area contributed by atoms with E-state index in [1.165, 1.54) is 55.3 Å². The summed E-state index contributed by atoms with van der Waals surface area (Å²) in [6.07, 6.45) is 11.6. The summed E-state index contributed by atoms with van der Waals surface area (Å²) in [5, 5.41) is 4.91. The van der Waals surface area contributed by atoms with E-state index in [0.717, 1.165) is 86.6 Å². The zero-order chi connectivity index (χ0) is 81.8. The molecule has 0 radical (unpaired) electrons. The smallest absolute Gasteiger partial charge is 0.279 e. The van der Waals surface area contributed by atoms with Crippen molar-refractivity contribution in [2.45, 2.75) is 68.5 Å². The monoisotopic (exact) mass is 1630 g/mol. The number of hydrogen-bond donors (Lipinski definition) is 2. The number of piperazine rings is 2. The number of nitrogens with zero attached hydrogens (tertiary/aromatic N) is 22. The van der Waals surface area contributed by atoms with Gasteiger partial charge in [0.2, 0.25) is 11.1 Å². The highest BCUT2D eigenvalue weighted by atomic mass is 32.2. The average Bonchev–Trinajstić information content (AvgIpc) is 1.60. The summed E-state index contributed by atoms with van der Waals surface area (Å²) in [6.45, 7) is 9.95. The van der Waals surface area contributed by atoms with Gasteiger partial charge in [0.15, 0.2) is 94.1 Å². The number of carbonyl (C=O) groups excluding carboxylic acids is 3. The van der Waals surface area contributed by atoms with Crippen molar-refractivity contribution >= 4 is 120 Å². The Balaban J connectivity index is 0.000000123. The van der Waals surface area contributed by atoms with E-state index in [1.54, 1.807) is 74.7 Å². The highest BCUT2D eigenvalue weighted by molar-refractivity contribution is 7.98. The molecule has 8 aliphatic heterocycles. The molecule has 0 saturated carbocycles. The van der Waals surface area contributed by atoms with Gasteiger partial charge in [-0.3, -0.25) is 47.7 Å². The molecule has 38 heteroatoms. The molecule has 6 bridgehead atoms. The maximum Gasteiger partial charge on any atom is 0.279 e. The van der Waals surface area contributed by atoms with E-state index >= 15 is 0 Å². The topological polar surface area (TPSA) is 372 Å². The Labute approximate surface area is 681 Å². The molecule has 3 N–H and O–H groups in total. The molecule has 11 aromatic rings. The van der Waals surface area contributed by atoms with Crippen LogP contribution >= 0.6 is 11.8 Å². The number of nitrogens with two attached hydrogens (primary N) is 1. The summed E-state index contributed by atoms with van der Waals surface area (Å²) in [6, 6.07) is 22.2. The molecule has 118 heavy (non-hydrogen) atoms. The molecule has 17 heterocycles. The number of likely N-dealkylation sites (N-methyl/N-ethyl adjacent to an activating group) is 2. The van der Waals surface area contributed by atoms with E-state index in [2.05, 4.69) is 109 Å². The van der Waals surface area contributed by atoms with Crippen molar-refractivity contribution < 1.29 is 42.3 Å². The van der Waals surface area contributed by atoms with Crippen LogP contribution in [0.3, 0.4) is 0 Å². The van der Waals surface area contributed by atoms with Crippen LogP contribution in [0.1, 0.15) is 38.5 Å². The maximum atomic E-state index is 13.5. The third kappa shape index (κ3) is 15.9. The molecule has 0 spiro atoms. The molecule has 36 nitrogen and oxygen atoms in total. The van der Waals surface area contributed by atoms with Crippen LogP contribution < -0.4 is 75.9 Å². The van der Waals surface area contributed by atoms with Gasteiger partial charge in [-0.05, 0) is 100 Å². The second-order valence-electron chi connectivity index (χ2n) is 28.3. The van der Waals surface area contributed by atoms with E-state index in [4.69, 9.17) is 39.4 Å². The molecule has 2 saturated heterocycles. The number of nitrogen functional groups attached to an aromatic ring is 1. The van der Waals surface area contributed by atoms with Crippen LogP contribution in [0.15, 0.2) is 116 Å². The standard InChI is InChI=1S/C30H31N9O4.C19H16N6O4S.C19H16N6O3S.C12H19N3O/c1-35-13-15-36(16-14-35)22-8-7-20(17-24(22)42-2)32-30-31-18-21-27(34-30)39-25-10-9-23-28(33-25)37(26(40)19-43-23)11-5-3-4-6-12-38(39)29(21)41;1-30(28)19-20-10-12-16(22-19)25-14-7-6-13-17(21-14)23(15(26)11-29-13)8-4-2-3-5-9-24(25)18(12)27;1-29-19-20-10-12-16(22-19)25-14-7-6-13-17(21-14)23(15(26)11-28-13)8-4-2-3-5-9-24(25)18(12)27;1-14-5-7-15(8-6-14)11-4-3-10(13)9-12(11)16-2/h7-10,17-18H,3,5,11-16,19H2,1-2H3,(H,31,32,34);6-7,10H,2,4,8-9,11H2,1H3;6-7,10H,2,4,8-9,11H2,1H3;3-4,9H,5-8,13H2,1-2H3. The van der Waals surface area contributed by atoms with E-state index in [0.29, 0.717) is 143 Å². The van der Waals surface area contributed by atoms with Gasteiger partial charge in [-0.25, -0.2) is 68.0 Å². The largest absolute Gasteiger partial charge is 0.495 e.